The Morgan fingerprint density at radius 3 is 2.42 bits per heavy atom. The van der Waals surface area contributed by atoms with Crippen LogP contribution in [0.3, 0.4) is 0 Å². The summed E-state index contributed by atoms with van der Waals surface area (Å²) in [6.07, 6.45) is 3.22. The molecule has 0 aliphatic carbocycles. The Bertz CT molecular complexity index is 835. The minimum Gasteiger partial charge on any atom is -0.346 e. The van der Waals surface area contributed by atoms with E-state index in [0.29, 0.717) is 11.1 Å². The van der Waals surface area contributed by atoms with Crippen LogP contribution in [-0.4, -0.2) is 10.9 Å². The molecule has 0 bridgehead atoms. The number of amides is 1. The van der Waals surface area contributed by atoms with E-state index in [0.717, 1.165) is 11.1 Å². The Morgan fingerprint density at radius 2 is 1.75 bits per heavy atom. The molecule has 1 heterocycles. The fraction of sp³-hybridized carbons (Fsp3) is 0.100. The standard InChI is InChI=1S/C20H17FN2O/c1-14(15-5-3-2-4-6-15)23-20(24)17-7-8-18(19(21)13-17)16-9-11-22-12-10-16/h2-14H,1H3,(H,23,24). The molecule has 0 fully saturated rings. The van der Waals surface area contributed by atoms with Crippen molar-refractivity contribution in [3.63, 3.8) is 0 Å². The summed E-state index contributed by atoms with van der Waals surface area (Å²) in [7, 11) is 0. The molecule has 0 spiro atoms. The lowest BCUT2D eigenvalue weighted by Crippen LogP contribution is -2.26. The summed E-state index contributed by atoms with van der Waals surface area (Å²) in [4.78, 5) is 16.3. The van der Waals surface area contributed by atoms with Crippen molar-refractivity contribution in [2.75, 3.05) is 0 Å². The molecule has 3 aromatic rings. The highest BCUT2D eigenvalue weighted by atomic mass is 19.1. The number of aromatic nitrogens is 1. The van der Waals surface area contributed by atoms with Gasteiger partial charge in [0.25, 0.3) is 5.91 Å². The molecular weight excluding hydrogens is 303 g/mol. The van der Waals surface area contributed by atoms with Crippen LogP contribution in [-0.2, 0) is 0 Å². The molecule has 0 saturated carbocycles. The molecule has 0 radical (unpaired) electrons. The average molecular weight is 320 g/mol. The van der Waals surface area contributed by atoms with Gasteiger partial charge in [-0.3, -0.25) is 9.78 Å². The third kappa shape index (κ3) is 3.49. The highest BCUT2D eigenvalue weighted by Crippen LogP contribution is 2.23. The van der Waals surface area contributed by atoms with E-state index in [1.165, 1.54) is 6.07 Å². The van der Waals surface area contributed by atoms with Gasteiger partial charge >= 0.3 is 0 Å². The molecule has 1 unspecified atom stereocenters. The Labute approximate surface area is 140 Å². The van der Waals surface area contributed by atoms with Crippen LogP contribution in [0.1, 0.15) is 28.9 Å². The van der Waals surface area contributed by atoms with Crippen molar-refractivity contribution in [3.05, 3.63) is 90.0 Å². The van der Waals surface area contributed by atoms with E-state index >= 15 is 0 Å². The molecule has 3 rings (SSSR count). The molecule has 24 heavy (non-hydrogen) atoms. The zero-order valence-electron chi connectivity index (χ0n) is 13.2. The Hall–Kier alpha value is -3.01. The first-order chi connectivity index (χ1) is 11.6. The van der Waals surface area contributed by atoms with Crippen molar-refractivity contribution in [1.29, 1.82) is 0 Å². The largest absolute Gasteiger partial charge is 0.346 e. The van der Waals surface area contributed by atoms with Crippen molar-refractivity contribution in [1.82, 2.24) is 10.3 Å². The molecule has 1 amide bonds. The van der Waals surface area contributed by atoms with Gasteiger partial charge < -0.3 is 5.32 Å². The summed E-state index contributed by atoms with van der Waals surface area (Å²) in [6, 6.07) is 17.5. The van der Waals surface area contributed by atoms with Gasteiger partial charge in [-0.25, -0.2) is 4.39 Å². The molecule has 4 heteroatoms. The highest BCUT2D eigenvalue weighted by Gasteiger charge is 2.14. The van der Waals surface area contributed by atoms with E-state index in [4.69, 9.17) is 0 Å². The maximum absolute atomic E-state index is 14.4. The predicted molar refractivity (Wildman–Crippen MR) is 92.0 cm³/mol. The maximum atomic E-state index is 14.4. The molecule has 3 nitrogen and oxygen atoms in total. The summed E-state index contributed by atoms with van der Waals surface area (Å²) in [5, 5.41) is 2.88. The number of nitrogens with zero attached hydrogens (tertiary/aromatic N) is 1. The molecule has 1 N–H and O–H groups in total. The second-order valence-corrected chi connectivity index (χ2v) is 5.54. The van der Waals surface area contributed by atoms with Gasteiger partial charge in [-0.1, -0.05) is 36.4 Å². The number of benzene rings is 2. The Kier molecular flexibility index (Phi) is 4.66. The van der Waals surface area contributed by atoms with E-state index < -0.39 is 5.82 Å². The number of hydrogen-bond acceptors (Lipinski definition) is 2. The Morgan fingerprint density at radius 1 is 1.04 bits per heavy atom. The summed E-state index contributed by atoms with van der Waals surface area (Å²) in [5.74, 6) is -0.729. The SMILES string of the molecule is CC(NC(=O)c1ccc(-c2ccncc2)c(F)c1)c1ccccc1. The van der Waals surface area contributed by atoms with E-state index in [1.807, 2.05) is 37.3 Å². The van der Waals surface area contributed by atoms with Gasteiger partial charge in [-0.15, -0.1) is 0 Å². The normalized spacial score (nSPS) is 11.8. The van der Waals surface area contributed by atoms with Gasteiger partial charge in [0.05, 0.1) is 6.04 Å². The van der Waals surface area contributed by atoms with E-state index in [1.54, 1.807) is 36.7 Å². The van der Waals surface area contributed by atoms with Crippen LogP contribution in [0.25, 0.3) is 11.1 Å². The predicted octanol–water partition coefficient (Wildman–Crippen LogP) is 4.38. The number of halogens is 1. The van der Waals surface area contributed by atoms with Crippen molar-refractivity contribution in [2.45, 2.75) is 13.0 Å². The van der Waals surface area contributed by atoms with E-state index in [9.17, 15) is 9.18 Å². The van der Waals surface area contributed by atoms with Crippen LogP contribution in [0.2, 0.25) is 0 Å². The van der Waals surface area contributed by atoms with Gasteiger partial charge in [0, 0.05) is 23.5 Å². The van der Waals surface area contributed by atoms with E-state index in [-0.39, 0.29) is 11.9 Å². The quantitative estimate of drug-likeness (QED) is 0.775. The second-order valence-electron chi connectivity index (χ2n) is 5.54. The monoisotopic (exact) mass is 320 g/mol. The molecule has 1 atom stereocenters. The van der Waals surface area contributed by atoms with Crippen molar-refractivity contribution >= 4 is 5.91 Å². The van der Waals surface area contributed by atoms with Gasteiger partial charge in [-0.05, 0) is 42.3 Å². The average Bonchev–Trinajstić information content (AvgIpc) is 2.63. The van der Waals surface area contributed by atoms with Crippen LogP contribution in [0.5, 0.6) is 0 Å². The van der Waals surface area contributed by atoms with E-state index in [2.05, 4.69) is 10.3 Å². The van der Waals surface area contributed by atoms with Crippen LogP contribution < -0.4 is 5.32 Å². The summed E-state index contributed by atoms with van der Waals surface area (Å²) in [6.45, 7) is 1.90. The van der Waals surface area contributed by atoms with Gasteiger partial charge in [0.2, 0.25) is 0 Å². The molecular formula is C20H17FN2O. The first-order valence-electron chi connectivity index (χ1n) is 7.71. The molecule has 0 saturated heterocycles. The summed E-state index contributed by atoms with van der Waals surface area (Å²) in [5.41, 5.74) is 2.48. The lowest BCUT2D eigenvalue weighted by atomic mass is 10.0. The lowest BCUT2D eigenvalue weighted by Gasteiger charge is -2.14. The van der Waals surface area contributed by atoms with Gasteiger partial charge in [-0.2, -0.15) is 0 Å². The third-order valence-corrected chi connectivity index (χ3v) is 3.87. The smallest absolute Gasteiger partial charge is 0.251 e. The third-order valence-electron chi connectivity index (χ3n) is 3.87. The number of nitrogens with one attached hydrogen (secondary N) is 1. The van der Waals surface area contributed by atoms with Crippen LogP contribution in [0.4, 0.5) is 4.39 Å². The minimum atomic E-state index is -0.429. The van der Waals surface area contributed by atoms with Crippen molar-refractivity contribution < 1.29 is 9.18 Å². The fourth-order valence-electron chi connectivity index (χ4n) is 2.53. The topological polar surface area (TPSA) is 42.0 Å². The number of hydrogen-bond donors (Lipinski definition) is 1. The first kappa shape index (κ1) is 15.9. The fourth-order valence-corrected chi connectivity index (χ4v) is 2.53. The number of carbonyl (C=O) groups excluding carboxylic acids is 1. The second kappa shape index (κ2) is 7.04. The van der Waals surface area contributed by atoms with Crippen molar-refractivity contribution in [2.24, 2.45) is 0 Å². The number of rotatable bonds is 4. The van der Waals surface area contributed by atoms with Crippen molar-refractivity contribution in [3.8, 4) is 11.1 Å². The van der Waals surface area contributed by atoms with Crippen LogP contribution in [0.15, 0.2) is 73.1 Å². The number of carbonyl (C=O) groups is 1. The summed E-state index contributed by atoms with van der Waals surface area (Å²) >= 11 is 0. The number of pyridine rings is 1. The molecule has 0 aliphatic heterocycles. The molecule has 120 valence electrons. The zero-order chi connectivity index (χ0) is 16.9. The summed E-state index contributed by atoms with van der Waals surface area (Å²) < 4.78 is 14.4. The maximum Gasteiger partial charge on any atom is 0.251 e. The Balaban J connectivity index is 1.78. The molecule has 2 aromatic carbocycles. The molecule has 1 aromatic heterocycles. The first-order valence-corrected chi connectivity index (χ1v) is 7.71. The molecule has 0 aliphatic rings. The van der Waals surface area contributed by atoms with Crippen LogP contribution >= 0.6 is 0 Å². The highest BCUT2D eigenvalue weighted by molar-refractivity contribution is 5.95. The minimum absolute atomic E-state index is 0.151. The zero-order valence-corrected chi connectivity index (χ0v) is 13.2. The van der Waals surface area contributed by atoms with Gasteiger partial charge in [0.1, 0.15) is 5.82 Å². The lowest BCUT2D eigenvalue weighted by molar-refractivity contribution is 0.0939. The van der Waals surface area contributed by atoms with Crippen LogP contribution in [0, 0.1) is 5.82 Å². The van der Waals surface area contributed by atoms with Gasteiger partial charge in [0.15, 0.2) is 0 Å².